The van der Waals surface area contributed by atoms with Gasteiger partial charge in [-0.15, -0.1) is 0 Å². The van der Waals surface area contributed by atoms with Crippen LogP contribution in [0.15, 0.2) is 59.1 Å². The predicted octanol–water partition coefficient (Wildman–Crippen LogP) is 5.13. The van der Waals surface area contributed by atoms with Gasteiger partial charge >= 0.3 is 0 Å². The fraction of sp³-hybridized carbons (Fsp3) is 0.182. The van der Waals surface area contributed by atoms with Crippen molar-refractivity contribution < 1.29 is 14.3 Å². The second kappa shape index (κ2) is 10.3. The Morgan fingerprint density at radius 2 is 2.04 bits per heavy atom. The van der Waals surface area contributed by atoms with E-state index in [1.165, 1.54) is 18.7 Å². The molecule has 1 N–H and O–H groups in total. The molecule has 6 heteroatoms. The van der Waals surface area contributed by atoms with Gasteiger partial charge in [0.15, 0.2) is 11.5 Å². The van der Waals surface area contributed by atoms with Gasteiger partial charge in [0.1, 0.15) is 18.2 Å². The van der Waals surface area contributed by atoms with Crippen LogP contribution in [0.1, 0.15) is 18.1 Å². The Balaban J connectivity index is 2.27. The molecular weight excluding hydrogens is 420 g/mol. The Hall–Kier alpha value is -3.04. The van der Waals surface area contributed by atoms with Gasteiger partial charge in [-0.25, -0.2) is 0 Å². The fourth-order valence-electron chi connectivity index (χ4n) is 2.44. The molecule has 0 saturated carbocycles. The highest BCUT2D eigenvalue weighted by Crippen LogP contribution is 2.37. The van der Waals surface area contributed by atoms with E-state index in [1.807, 2.05) is 30.3 Å². The molecule has 0 bridgehead atoms. The Morgan fingerprint density at radius 3 is 2.61 bits per heavy atom. The number of methoxy groups -OCH3 is 1. The summed E-state index contributed by atoms with van der Waals surface area (Å²) in [5.41, 5.74) is 2.41. The average Bonchev–Trinajstić information content (AvgIpc) is 2.71. The zero-order valence-electron chi connectivity index (χ0n) is 15.8. The van der Waals surface area contributed by atoms with Crippen LogP contribution >= 0.6 is 15.9 Å². The number of carbonyl (C=O) groups is 1. The lowest BCUT2D eigenvalue weighted by molar-refractivity contribution is -0.112. The summed E-state index contributed by atoms with van der Waals surface area (Å²) in [6, 6.07) is 12.9. The van der Waals surface area contributed by atoms with E-state index in [9.17, 15) is 10.1 Å². The first kappa shape index (κ1) is 21.3. The minimum atomic E-state index is -0.478. The Bertz CT molecular complexity index is 928. The van der Waals surface area contributed by atoms with Crippen molar-refractivity contribution in [1.29, 1.82) is 5.26 Å². The highest BCUT2D eigenvalue weighted by molar-refractivity contribution is 9.10. The molecule has 0 radical (unpaired) electrons. The number of nitrogens with zero attached hydrogens (tertiary/aromatic N) is 1. The van der Waals surface area contributed by atoms with Crippen molar-refractivity contribution in [2.24, 2.45) is 0 Å². The first-order chi connectivity index (χ1) is 13.5. The van der Waals surface area contributed by atoms with E-state index in [-0.39, 0.29) is 5.57 Å². The summed E-state index contributed by atoms with van der Waals surface area (Å²) < 4.78 is 11.6. The van der Waals surface area contributed by atoms with Crippen LogP contribution < -0.4 is 14.8 Å². The van der Waals surface area contributed by atoms with E-state index >= 15 is 0 Å². The number of rotatable bonds is 8. The number of benzene rings is 2. The normalized spacial score (nSPS) is 10.7. The maximum Gasteiger partial charge on any atom is 0.266 e. The van der Waals surface area contributed by atoms with Crippen LogP contribution in [-0.2, 0) is 11.2 Å². The van der Waals surface area contributed by atoms with Gasteiger partial charge in [-0.3, -0.25) is 4.79 Å². The molecule has 2 aromatic carbocycles. The van der Waals surface area contributed by atoms with Gasteiger partial charge in [-0.05, 0) is 63.8 Å². The number of nitriles is 1. The van der Waals surface area contributed by atoms with Gasteiger partial charge in [-0.2, -0.15) is 5.26 Å². The summed E-state index contributed by atoms with van der Waals surface area (Å²) in [6.45, 7) is 6.01. The summed E-state index contributed by atoms with van der Waals surface area (Å²) in [4.78, 5) is 12.5. The fourth-order valence-corrected chi connectivity index (χ4v) is 3.02. The van der Waals surface area contributed by atoms with E-state index in [0.29, 0.717) is 33.8 Å². The molecule has 0 unspecified atom stereocenters. The molecule has 0 aliphatic rings. The summed E-state index contributed by atoms with van der Waals surface area (Å²) in [5, 5.41) is 12.2. The molecule has 2 rings (SSSR count). The number of ether oxygens (including phenoxy) is 2. The number of aryl methyl sites for hydroxylation is 1. The maximum atomic E-state index is 12.5. The monoisotopic (exact) mass is 440 g/mol. The van der Waals surface area contributed by atoms with Crippen molar-refractivity contribution in [2.45, 2.75) is 13.3 Å². The smallest absolute Gasteiger partial charge is 0.266 e. The maximum absolute atomic E-state index is 12.5. The number of hydrogen-bond acceptors (Lipinski definition) is 4. The molecule has 144 valence electrons. The van der Waals surface area contributed by atoms with Crippen molar-refractivity contribution in [1.82, 2.24) is 0 Å². The van der Waals surface area contributed by atoms with E-state index in [2.05, 4.69) is 34.7 Å². The van der Waals surface area contributed by atoms with Crippen LogP contribution in [0.4, 0.5) is 5.69 Å². The van der Waals surface area contributed by atoms with Gasteiger partial charge in [-0.1, -0.05) is 31.7 Å². The third-order valence-corrected chi connectivity index (χ3v) is 4.48. The second-order valence-electron chi connectivity index (χ2n) is 5.81. The molecule has 0 aliphatic carbocycles. The molecular formula is C22H21BrN2O3. The van der Waals surface area contributed by atoms with Crippen molar-refractivity contribution in [2.75, 3.05) is 19.0 Å². The lowest BCUT2D eigenvalue weighted by Gasteiger charge is -2.12. The van der Waals surface area contributed by atoms with Gasteiger partial charge in [0.05, 0.1) is 11.6 Å². The zero-order valence-corrected chi connectivity index (χ0v) is 17.4. The van der Waals surface area contributed by atoms with E-state index < -0.39 is 5.91 Å². The summed E-state index contributed by atoms with van der Waals surface area (Å²) in [7, 11) is 1.52. The largest absolute Gasteiger partial charge is 0.493 e. The number of anilines is 1. The SMILES string of the molecule is C=CCOc1c(Br)cc(/C=C(/C#N)C(=O)Nc2ccc(CC)cc2)cc1OC. The molecule has 28 heavy (non-hydrogen) atoms. The number of halogens is 1. The Kier molecular flexibility index (Phi) is 7.85. The topological polar surface area (TPSA) is 71.3 Å². The Morgan fingerprint density at radius 1 is 1.32 bits per heavy atom. The van der Waals surface area contributed by atoms with E-state index in [4.69, 9.17) is 9.47 Å². The molecule has 2 aromatic rings. The Labute approximate surface area is 173 Å². The number of carbonyl (C=O) groups excluding carboxylic acids is 1. The number of amides is 1. The molecule has 0 heterocycles. The van der Waals surface area contributed by atoms with Crippen molar-refractivity contribution in [3.05, 3.63) is 70.2 Å². The summed E-state index contributed by atoms with van der Waals surface area (Å²) in [5.74, 6) is 0.530. The zero-order chi connectivity index (χ0) is 20.5. The lowest BCUT2D eigenvalue weighted by atomic mass is 10.1. The number of hydrogen-bond donors (Lipinski definition) is 1. The highest BCUT2D eigenvalue weighted by Gasteiger charge is 2.14. The molecule has 0 saturated heterocycles. The van der Waals surface area contributed by atoms with Gasteiger partial charge in [0, 0.05) is 5.69 Å². The molecule has 1 amide bonds. The quantitative estimate of drug-likeness (QED) is 0.350. The van der Waals surface area contributed by atoms with Crippen LogP contribution in [0.5, 0.6) is 11.5 Å². The van der Waals surface area contributed by atoms with Gasteiger partial charge in [0.25, 0.3) is 5.91 Å². The average molecular weight is 441 g/mol. The summed E-state index contributed by atoms with van der Waals surface area (Å²) >= 11 is 3.43. The predicted molar refractivity (Wildman–Crippen MR) is 114 cm³/mol. The third kappa shape index (κ3) is 5.48. The van der Waals surface area contributed by atoms with E-state index in [0.717, 1.165) is 6.42 Å². The first-order valence-electron chi connectivity index (χ1n) is 8.65. The van der Waals surface area contributed by atoms with Gasteiger partial charge < -0.3 is 14.8 Å². The second-order valence-corrected chi connectivity index (χ2v) is 6.66. The standard InChI is InChI=1S/C22H21BrN2O3/c1-4-10-28-21-19(23)12-16(13-20(21)27-3)11-17(14-24)22(26)25-18-8-6-15(5-2)7-9-18/h4,6-9,11-13H,1,5,10H2,2-3H3,(H,25,26)/b17-11-. The molecule has 0 aromatic heterocycles. The summed E-state index contributed by atoms with van der Waals surface area (Å²) in [6.07, 6.45) is 4.05. The third-order valence-electron chi connectivity index (χ3n) is 3.89. The van der Waals surface area contributed by atoms with Crippen LogP contribution in [0.3, 0.4) is 0 Å². The molecule has 0 atom stereocenters. The minimum absolute atomic E-state index is 0.0201. The van der Waals surface area contributed by atoms with Crippen molar-refractivity contribution in [3.63, 3.8) is 0 Å². The van der Waals surface area contributed by atoms with E-state index in [1.54, 1.807) is 18.2 Å². The number of nitrogens with one attached hydrogen (secondary N) is 1. The molecule has 5 nitrogen and oxygen atoms in total. The molecule has 0 spiro atoms. The van der Waals surface area contributed by atoms with Crippen molar-refractivity contribution >= 4 is 33.6 Å². The molecule has 0 aliphatic heterocycles. The van der Waals surface area contributed by atoms with Crippen LogP contribution in [0.2, 0.25) is 0 Å². The molecule has 0 fully saturated rings. The first-order valence-corrected chi connectivity index (χ1v) is 9.45. The van der Waals surface area contributed by atoms with Crippen LogP contribution in [0.25, 0.3) is 6.08 Å². The highest BCUT2D eigenvalue weighted by atomic mass is 79.9. The minimum Gasteiger partial charge on any atom is -0.493 e. The van der Waals surface area contributed by atoms with Crippen molar-refractivity contribution in [3.8, 4) is 17.6 Å². The van der Waals surface area contributed by atoms with Crippen LogP contribution in [-0.4, -0.2) is 19.6 Å². The lowest BCUT2D eigenvalue weighted by Crippen LogP contribution is -2.13. The van der Waals surface area contributed by atoms with Gasteiger partial charge in [0.2, 0.25) is 0 Å². The van der Waals surface area contributed by atoms with Crippen LogP contribution in [0, 0.1) is 11.3 Å².